The van der Waals surface area contributed by atoms with Crippen molar-refractivity contribution in [3.8, 4) is 0 Å². The number of thioether (sulfide) groups is 1. The first-order chi connectivity index (χ1) is 7.72. The number of fused-ring (bicyclic) bond motifs is 1. The van der Waals surface area contributed by atoms with Crippen molar-refractivity contribution >= 4 is 28.1 Å². The van der Waals surface area contributed by atoms with Gasteiger partial charge in [-0.1, -0.05) is 13.8 Å². The van der Waals surface area contributed by atoms with Crippen molar-refractivity contribution < 1.29 is 0 Å². The van der Waals surface area contributed by atoms with Crippen LogP contribution in [0.4, 0.5) is 0 Å². The Kier molecular flexibility index (Phi) is 3.89. The molecule has 2 aromatic rings. The van der Waals surface area contributed by atoms with Crippen LogP contribution in [0, 0.1) is 5.92 Å². The molecule has 2 aromatic heterocycles. The molecule has 0 spiro atoms. The molecule has 2 heterocycles. The Morgan fingerprint density at radius 3 is 3.06 bits per heavy atom. The number of nitrogens with one attached hydrogen (secondary N) is 1. The minimum Gasteiger partial charge on any atom is -0.311 e. The lowest BCUT2D eigenvalue weighted by atomic mass is 10.2. The molecule has 5 heteroatoms. The van der Waals surface area contributed by atoms with E-state index in [-0.39, 0.29) is 0 Å². The summed E-state index contributed by atoms with van der Waals surface area (Å²) in [7, 11) is 0. The first-order valence-corrected chi connectivity index (χ1v) is 7.52. The van der Waals surface area contributed by atoms with Crippen molar-refractivity contribution in [3.63, 3.8) is 0 Å². The van der Waals surface area contributed by atoms with E-state index in [1.807, 2.05) is 0 Å². The van der Waals surface area contributed by atoms with Crippen molar-refractivity contribution in [2.45, 2.75) is 25.4 Å². The fourth-order valence-electron chi connectivity index (χ4n) is 1.62. The highest BCUT2D eigenvalue weighted by atomic mass is 32.2. The van der Waals surface area contributed by atoms with E-state index in [1.54, 1.807) is 23.1 Å². The SMILES string of the molecule is CSc1nc2sccn2c1CNCC(C)C. The van der Waals surface area contributed by atoms with Crippen LogP contribution in [0.3, 0.4) is 0 Å². The Balaban J connectivity index is 2.16. The largest absolute Gasteiger partial charge is 0.311 e. The first kappa shape index (κ1) is 12.0. The van der Waals surface area contributed by atoms with E-state index in [4.69, 9.17) is 0 Å². The van der Waals surface area contributed by atoms with Gasteiger partial charge in [-0.2, -0.15) is 0 Å². The predicted molar refractivity (Wildman–Crippen MR) is 71.4 cm³/mol. The van der Waals surface area contributed by atoms with Crippen LogP contribution in [0.2, 0.25) is 0 Å². The van der Waals surface area contributed by atoms with Gasteiger partial charge in [-0.25, -0.2) is 4.98 Å². The Hall–Kier alpha value is -0.520. The van der Waals surface area contributed by atoms with Gasteiger partial charge < -0.3 is 5.32 Å². The molecule has 88 valence electrons. The summed E-state index contributed by atoms with van der Waals surface area (Å²) in [5, 5.41) is 6.70. The lowest BCUT2D eigenvalue weighted by Crippen LogP contribution is -2.20. The number of nitrogens with zero attached hydrogens (tertiary/aromatic N) is 2. The Labute approximate surface area is 104 Å². The van der Waals surface area contributed by atoms with Crippen LogP contribution in [0.5, 0.6) is 0 Å². The molecule has 3 nitrogen and oxygen atoms in total. The third kappa shape index (κ3) is 2.42. The molecule has 0 amide bonds. The third-order valence-electron chi connectivity index (χ3n) is 2.36. The van der Waals surface area contributed by atoms with Crippen LogP contribution in [-0.2, 0) is 6.54 Å². The molecule has 0 unspecified atom stereocenters. The summed E-state index contributed by atoms with van der Waals surface area (Å²) in [4.78, 5) is 5.68. The standard InChI is InChI=1S/C11H17N3S2/c1-8(2)6-12-7-9-10(15-3)13-11-14(9)4-5-16-11/h4-5,8,12H,6-7H2,1-3H3. The second kappa shape index (κ2) is 5.21. The van der Waals surface area contributed by atoms with Crippen LogP contribution in [-0.4, -0.2) is 22.2 Å². The fourth-order valence-corrected chi connectivity index (χ4v) is 2.99. The van der Waals surface area contributed by atoms with Crippen molar-refractivity contribution in [2.24, 2.45) is 5.92 Å². The second-order valence-corrected chi connectivity index (χ2v) is 5.82. The van der Waals surface area contributed by atoms with Gasteiger partial charge in [0, 0.05) is 18.1 Å². The quantitative estimate of drug-likeness (QED) is 0.833. The highest BCUT2D eigenvalue weighted by Gasteiger charge is 2.11. The van der Waals surface area contributed by atoms with E-state index in [0.29, 0.717) is 5.92 Å². The van der Waals surface area contributed by atoms with Crippen LogP contribution in [0.15, 0.2) is 16.6 Å². The summed E-state index contributed by atoms with van der Waals surface area (Å²) in [6.45, 7) is 6.38. The smallest absolute Gasteiger partial charge is 0.194 e. The van der Waals surface area contributed by atoms with Gasteiger partial charge in [-0.3, -0.25) is 4.40 Å². The molecule has 16 heavy (non-hydrogen) atoms. The van der Waals surface area contributed by atoms with Gasteiger partial charge in [0.1, 0.15) is 5.03 Å². The van der Waals surface area contributed by atoms with Gasteiger partial charge in [-0.15, -0.1) is 23.1 Å². The van der Waals surface area contributed by atoms with Crippen molar-refractivity contribution in [3.05, 3.63) is 17.3 Å². The van der Waals surface area contributed by atoms with E-state index in [2.05, 4.69) is 46.4 Å². The zero-order valence-corrected chi connectivity index (χ0v) is 11.5. The Morgan fingerprint density at radius 2 is 2.38 bits per heavy atom. The van der Waals surface area contributed by atoms with E-state index in [0.717, 1.165) is 23.1 Å². The lowest BCUT2D eigenvalue weighted by Gasteiger charge is -2.07. The molecule has 0 aliphatic rings. The van der Waals surface area contributed by atoms with Gasteiger partial charge in [0.25, 0.3) is 0 Å². The Bertz CT molecular complexity index is 459. The highest BCUT2D eigenvalue weighted by molar-refractivity contribution is 7.98. The molecular formula is C11H17N3S2. The molecule has 0 bridgehead atoms. The normalized spacial score (nSPS) is 11.8. The molecule has 0 atom stereocenters. The third-order valence-corrected chi connectivity index (χ3v) is 3.83. The minimum absolute atomic E-state index is 0.684. The predicted octanol–water partition coefficient (Wildman–Crippen LogP) is 2.86. The van der Waals surface area contributed by atoms with E-state index in [1.165, 1.54) is 5.69 Å². The fraction of sp³-hybridized carbons (Fsp3) is 0.545. The maximum atomic E-state index is 4.59. The average molecular weight is 255 g/mol. The molecule has 0 saturated carbocycles. The van der Waals surface area contributed by atoms with Gasteiger partial charge in [0.15, 0.2) is 4.96 Å². The first-order valence-electron chi connectivity index (χ1n) is 5.41. The van der Waals surface area contributed by atoms with Crippen LogP contribution < -0.4 is 5.32 Å². The average Bonchev–Trinajstić information content (AvgIpc) is 2.79. The van der Waals surface area contributed by atoms with Gasteiger partial charge in [0.05, 0.1) is 5.69 Å². The summed E-state index contributed by atoms with van der Waals surface area (Å²) in [5.74, 6) is 0.684. The summed E-state index contributed by atoms with van der Waals surface area (Å²) in [6, 6.07) is 0. The molecule has 0 radical (unpaired) electrons. The Morgan fingerprint density at radius 1 is 1.56 bits per heavy atom. The number of imidazole rings is 1. The molecule has 0 aliphatic heterocycles. The van der Waals surface area contributed by atoms with Crippen LogP contribution >= 0.6 is 23.1 Å². The molecule has 0 aromatic carbocycles. The van der Waals surface area contributed by atoms with Gasteiger partial charge in [0.2, 0.25) is 0 Å². The number of hydrogen-bond donors (Lipinski definition) is 1. The topological polar surface area (TPSA) is 29.3 Å². The maximum Gasteiger partial charge on any atom is 0.194 e. The maximum absolute atomic E-state index is 4.59. The molecule has 0 saturated heterocycles. The van der Waals surface area contributed by atoms with E-state index < -0.39 is 0 Å². The molecular weight excluding hydrogens is 238 g/mol. The zero-order valence-electron chi connectivity index (χ0n) is 9.86. The van der Waals surface area contributed by atoms with Crippen LogP contribution in [0.1, 0.15) is 19.5 Å². The summed E-state index contributed by atoms with van der Waals surface area (Å²) in [5.41, 5.74) is 1.28. The molecule has 2 rings (SSSR count). The van der Waals surface area contributed by atoms with Crippen LogP contribution in [0.25, 0.3) is 4.96 Å². The van der Waals surface area contributed by atoms with Crippen molar-refractivity contribution in [1.82, 2.24) is 14.7 Å². The number of rotatable bonds is 5. The molecule has 1 N–H and O–H groups in total. The summed E-state index contributed by atoms with van der Waals surface area (Å²) < 4.78 is 2.18. The van der Waals surface area contributed by atoms with E-state index >= 15 is 0 Å². The van der Waals surface area contributed by atoms with E-state index in [9.17, 15) is 0 Å². The monoisotopic (exact) mass is 255 g/mol. The molecule has 0 aliphatic carbocycles. The van der Waals surface area contributed by atoms with Gasteiger partial charge in [-0.05, 0) is 18.7 Å². The van der Waals surface area contributed by atoms with Gasteiger partial charge >= 0.3 is 0 Å². The molecule has 0 fully saturated rings. The number of hydrogen-bond acceptors (Lipinski definition) is 4. The number of thiazole rings is 1. The highest BCUT2D eigenvalue weighted by Crippen LogP contribution is 2.23. The second-order valence-electron chi connectivity index (χ2n) is 4.15. The minimum atomic E-state index is 0.684. The number of aromatic nitrogens is 2. The van der Waals surface area contributed by atoms with Crippen molar-refractivity contribution in [1.29, 1.82) is 0 Å². The zero-order chi connectivity index (χ0) is 11.5. The summed E-state index contributed by atoms with van der Waals surface area (Å²) in [6.07, 6.45) is 4.18. The summed E-state index contributed by atoms with van der Waals surface area (Å²) >= 11 is 3.41. The lowest BCUT2D eigenvalue weighted by molar-refractivity contribution is 0.544. The van der Waals surface area contributed by atoms with Crippen molar-refractivity contribution in [2.75, 3.05) is 12.8 Å².